The zero-order valence-corrected chi connectivity index (χ0v) is 18.7. The maximum atomic E-state index is 12.8. The van der Waals surface area contributed by atoms with E-state index in [0.29, 0.717) is 34.8 Å². The van der Waals surface area contributed by atoms with Gasteiger partial charge in [-0.25, -0.2) is 0 Å². The summed E-state index contributed by atoms with van der Waals surface area (Å²) >= 11 is 0. The van der Waals surface area contributed by atoms with Crippen molar-refractivity contribution in [2.75, 3.05) is 0 Å². The van der Waals surface area contributed by atoms with E-state index in [0.717, 1.165) is 38.5 Å². The maximum Gasteiger partial charge on any atom is 0.314 e. The van der Waals surface area contributed by atoms with Crippen LogP contribution in [0.4, 0.5) is 0 Å². The lowest BCUT2D eigenvalue weighted by Gasteiger charge is -2.17. The van der Waals surface area contributed by atoms with Gasteiger partial charge in [0.15, 0.2) is 5.78 Å². The van der Waals surface area contributed by atoms with Crippen LogP contribution in [0.2, 0.25) is 0 Å². The van der Waals surface area contributed by atoms with Crippen molar-refractivity contribution in [2.45, 2.75) is 62.9 Å². The molecule has 6 atom stereocenters. The predicted octanol–water partition coefficient (Wildman–Crippen LogP) is 3.86. The van der Waals surface area contributed by atoms with Gasteiger partial charge in [0.25, 0.3) is 0 Å². The molecule has 0 N–H and O–H groups in total. The number of hydrogen-bond donors (Lipinski definition) is 0. The number of ketones is 1. The Hall–Kier alpha value is -3.03. The number of ether oxygens (including phenoxy) is 4. The van der Waals surface area contributed by atoms with E-state index >= 15 is 0 Å². The van der Waals surface area contributed by atoms with E-state index in [4.69, 9.17) is 18.9 Å². The van der Waals surface area contributed by atoms with Crippen LogP contribution in [0.15, 0.2) is 48.5 Å². The molecular formula is C27H26O7. The van der Waals surface area contributed by atoms with Crippen LogP contribution in [0.1, 0.15) is 54.4 Å². The van der Waals surface area contributed by atoms with Gasteiger partial charge in [-0.15, -0.1) is 0 Å². The average molecular weight is 462 g/mol. The highest BCUT2D eigenvalue weighted by molar-refractivity contribution is 6.09. The van der Waals surface area contributed by atoms with E-state index in [9.17, 15) is 14.4 Å². The van der Waals surface area contributed by atoms with Crippen LogP contribution in [-0.4, -0.2) is 42.1 Å². The van der Waals surface area contributed by atoms with Gasteiger partial charge in [0.05, 0.1) is 36.3 Å². The van der Waals surface area contributed by atoms with Gasteiger partial charge < -0.3 is 18.9 Å². The van der Waals surface area contributed by atoms with E-state index in [1.807, 2.05) is 0 Å². The molecule has 2 aromatic carbocycles. The third-order valence-electron chi connectivity index (χ3n) is 7.34. The average Bonchev–Trinajstić information content (AvgIpc) is 3.78. The standard InChI is InChI=1S/C27H26O7/c28-25(15-1-7-19(8-2-15)31-26(29)17-5-11-21-23(13-17)33-21)16-3-9-20(10-4-16)32-27(30)18-6-12-22-24(14-18)34-22/h1-4,7-10,17-18,21-24H,5-6,11-14H2. The Labute approximate surface area is 197 Å². The Kier molecular flexibility index (Phi) is 5.46. The molecule has 176 valence electrons. The minimum absolute atomic E-state index is 0.130. The van der Waals surface area contributed by atoms with Crippen molar-refractivity contribution < 1.29 is 33.3 Å². The highest BCUT2D eigenvalue weighted by Crippen LogP contribution is 2.40. The lowest BCUT2D eigenvalue weighted by molar-refractivity contribution is -0.140. The Balaban J connectivity index is 1.03. The predicted molar refractivity (Wildman–Crippen MR) is 120 cm³/mol. The van der Waals surface area contributed by atoms with Gasteiger partial charge in [0.1, 0.15) is 11.5 Å². The van der Waals surface area contributed by atoms with Gasteiger partial charge in [-0.2, -0.15) is 0 Å². The number of fused-ring (bicyclic) bond motifs is 2. The van der Waals surface area contributed by atoms with Gasteiger partial charge in [-0.05, 0) is 87.1 Å². The fraction of sp³-hybridized carbons (Fsp3) is 0.444. The van der Waals surface area contributed by atoms with Crippen LogP contribution in [-0.2, 0) is 19.1 Å². The molecule has 0 radical (unpaired) electrons. The second-order valence-electron chi connectivity index (χ2n) is 9.67. The normalized spacial score (nSPS) is 30.9. The molecule has 7 heteroatoms. The van der Waals surface area contributed by atoms with Crippen molar-refractivity contribution >= 4 is 17.7 Å². The summed E-state index contributed by atoms with van der Waals surface area (Å²) in [5, 5.41) is 0. The molecule has 4 aliphatic rings. The maximum absolute atomic E-state index is 12.8. The molecule has 6 unspecified atom stereocenters. The van der Waals surface area contributed by atoms with Crippen LogP contribution in [0.5, 0.6) is 11.5 Å². The Morgan fingerprint density at radius 2 is 1.00 bits per heavy atom. The topological polar surface area (TPSA) is 94.7 Å². The van der Waals surface area contributed by atoms with Crippen molar-refractivity contribution in [3.05, 3.63) is 59.7 Å². The second kappa shape index (κ2) is 8.64. The van der Waals surface area contributed by atoms with Gasteiger partial charge >= 0.3 is 11.9 Å². The first kappa shape index (κ1) is 21.5. The molecular weight excluding hydrogens is 436 g/mol. The van der Waals surface area contributed by atoms with E-state index in [1.165, 1.54) is 0 Å². The van der Waals surface area contributed by atoms with Crippen LogP contribution in [0.25, 0.3) is 0 Å². The quantitative estimate of drug-likeness (QED) is 0.278. The molecule has 2 aliphatic carbocycles. The molecule has 2 heterocycles. The number of hydrogen-bond acceptors (Lipinski definition) is 7. The number of epoxide rings is 2. The lowest BCUT2D eigenvalue weighted by atomic mass is 9.89. The van der Waals surface area contributed by atoms with Crippen molar-refractivity contribution in [1.82, 2.24) is 0 Å². The fourth-order valence-electron chi connectivity index (χ4n) is 5.15. The Morgan fingerprint density at radius 3 is 1.38 bits per heavy atom. The zero-order valence-electron chi connectivity index (χ0n) is 18.7. The molecule has 2 aliphatic heterocycles. The smallest absolute Gasteiger partial charge is 0.314 e. The first-order chi connectivity index (χ1) is 16.5. The van der Waals surface area contributed by atoms with Crippen molar-refractivity contribution in [2.24, 2.45) is 11.8 Å². The number of esters is 2. The highest BCUT2D eigenvalue weighted by Gasteiger charge is 2.47. The molecule has 6 rings (SSSR count). The summed E-state index contributed by atoms with van der Waals surface area (Å²) in [4.78, 5) is 37.7. The van der Waals surface area contributed by atoms with E-state index in [-0.39, 0.29) is 41.8 Å². The molecule has 0 spiro atoms. The summed E-state index contributed by atoms with van der Waals surface area (Å²) in [6.45, 7) is 0. The lowest BCUT2D eigenvalue weighted by Crippen LogP contribution is -2.25. The summed E-state index contributed by atoms with van der Waals surface area (Å²) in [7, 11) is 0. The number of carbonyl (C=O) groups excluding carboxylic acids is 3. The SMILES string of the molecule is O=C(c1ccc(OC(=O)C2CCC3OC3C2)cc1)c1ccc(OC(=O)C2CCC3OC3C2)cc1. The number of carbonyl (C=O) groups is 3. The van der Waals surface area contributed by atoms with E-state index < -0.39 is 0 Å². The molecule has 0 aromatic heterocycles. The second-order valence-corrected chi connectivity index (χ2v) is 9.67. The van der Waals surface area contributed by atoms with Crippen LogP contribution in [0, 0.1) is 11.8 Å². The van der Waals surface area contributed by atoms with Crippen molar-refractivity contribution in [1.29, 1.82) is 0 Å². The summed E-state index contributed by atoms with van der Waals surface area (Å²) in [6, 6.07) is 13.1. The fourth-order valence-corrected chi connectivity index (χ4v) is 5.15. The van der Waals surface area contributed by atoms with E-state index in [1.54, 1.807) is 48.5 Å². The monoisotopic (exact) mass is 462 g/mol. The number of benzene rings is 2. The minimum atomic E-state index is -0.240. The Morgan fingerprint density at radius 1 is 0.588 bits per heavy atom. The summed E-state index contributed by atoms with van der Waals surface area (Å²) in [6.07, 6.45) is 5.96. The largest absolute Gasteiger partial charge is 0.426 e. The molecule has 4 fully saturated rings. The van der Waals surface area contributed by atoms with Gasteiger partial charge in [0.2, 0.25) is 0 Å². The van der Waals surface area contributed by atoms with Gasteiger partial charge in [0, 0.05) is 11.1 Å². The molecule has 2 saturated heterocycles. The van der Waals surface area contributed by atoms with Crippen molar-refractivity contribution in [3.63, 3.8) is 0 Å². The van der Waals surface area contributed by atoms with E-state index in [2.05, 4.69) is 0 Å². The Bertz CT molecular complexity index is 1020. The van der Waals surface area contributed by atoms with Crippen molar-refractivity contribution in [3.8, 4) is 11.5 Å². The zero-order chi connectivity index (χ0) is 23.2. The van der Waals surface area contributed by atoms with Gasteiger partial charge in [-0.3, -0.25) is 14.4 Å². The summed E-state index contributed by atoms with van der Waals surface area (Å²) in [5.74, 6) is -0.0538. The molecule has 0 amide bonds. The van der Waals surface area contributed by atoms with Gasteiger partial charge in [-0.1, -0.05) is 0 Å². The molecule has 2 aromatic rings. The van der Waals surface area contributed by atoms with Crippen LogP contribution < -0.4 is 9.47 Å². The third-order valence-corrected chi connectivity index (χ3v) is 7.34. The number of rotatable bonds is 6. The molecule has 7 nitrogen and oxygen atoms in total. The summed E-state index contributed by atoms with van der Waals surface area (Å²) in [5.41, 5.74) is 0.968. The first-order valence-corrected chi connectivity index (χ1v) is 12.0. The van der Waals surface area contributed by atoms with Crippen LogP contribution in [0.3, 0.4) is 0 Å². The minimum Gasteiger partial charge on any atom is -0.426 e. The molecule has 2 saturated carbocycles. The highest BCUT2D eigenvalue weighted by atomic mass is 16.6. The summed E-state index contributed by atoms with van der Waals surface area (Å²) < 4.78 is 22.0. The van der Waals surface area contributed by atoms with Crippen LogP contribution >= 0.6 is 0 Å². The first-order valence-electron chi connectivity index (χ1n) is 12.0. The third kappa shape index (κ3) is 4.50. The molecule has 34 heavy (non-hydrogen) atoms. The molecule has 0 bridgehead atoms.